The zero-order valence-corrected chi connectivity index (χ0v) is 15.0. The number of aliphatic imine (C=N–C) groups is 1. The first-order chi connectivity index (χ1) is 11.0. The molecule has 0 aliphatic carbocycles. The molecule has 0 radical (unpaired) electrons. The lowest BCUT2D eigenvalue weighted by Gasteiger charge is -2.11. The Balaban J connectivity index is 1.81. The molecule has 23 heavy (non-hydrogen) atoms. The van der Waals surface area contributed by atoms with Gasteiger partial charge in [-0.25, -0.2) is 9.37 Å². The van der Waals surface area contributed by atoms with Gasteiger partial charge in [0.2, 0.25) is 0 Å². The quantitative estimate of drug-likeness (QED) is 0.638. The molecule has 0 amide bonds. The van der Waals surface area contributed by atoms with E-state index in [0.29, 0.717) is 30.5 Å². The van der Waals surface area contributed by atoms with Gasteiger partial charge in [0.05, 0.1) is 12.2 Å². The Hall–Kier alpha value is -1.66. The third-order valence-electron chi connectivity index (χ3n) is 3.41. The van der Waals surface area contributed by atoms with Crippen LogP contribution in [0.1, 0.15) is 21.1 Å². The Morgan fingerprint density at radius 2 is 2.13 bits per heavy atom. The highest BCUT2D eigenvalue weighted by atomic mass is 35.5. The summed E-state index contributed by atoms with van der Waals surface area (Å²) >= 11 is 7.70. The molecule has 0 saturated carbocycles. The molecule has 4 nitrogen and oxygen atoms in total. The molecule has 0 atom stereocenters. The molecule has 2 N–H and O–H groups in total. The highest BCUT2D eigenvalue weighted by Gasteiger charge is 2.06. The number of aryl methyl sites for hydroxylation is 2. The Labute approximate surface area is 144 Å². The van der Waals surface area contributed by atoms with Crippen LogP contribution < -0.4 is 10.6 Å². The lowest BCUT2D eigenvalue weighted by Crippen LogP contribution is -2.37. The number of guanidine groups is 1. The number of nitrogens with one attached hydrogen (secondary N) is 2. The van der Waals surface area contributed by atoms with Crippen molar-refractivity contribution < 1.29 is 4.39 Å². The fourth-order valence-electron chi connectivity index (χ4n) is 2.03. The summed E-state index contributed by atoms with van der Waals surface area (Å²) in [5.41, 5.74) is 1.97. The number of hydrogen-bond donors (Lipinski definition) is 2. The van der Waals surface area contributed by atoms with Crippen LogP contribution in [0.15, 0.2) is 23.2 Å². The van der Waals surface area contributed by atoms with Crippen LogP contribution in [0.5, 0.6) is 0 Å². The molecule has 1 heterocycles. The standard InChI is InChI=1S/C16H20ClFN4S/c1-10-11(2)23-15(22-10)9-21-16(19-3)20-7-6-12-4-5-13(18)8-14(12)17/h4-5,8H,6-7,9H2,1-3H3,(H2,19,20,21). The number of nitrogens with zero attached hydrogens (tertiary/aromatic N) is 2. The van der Waals surface area contributed by atoms with Crippen LogP contribution in [0, 0.1) is 19.7 Å². The van der Waals surface area contributed by atoms with Crippen molar-refractivity contribution in [2.75, 3.05) is 13.6 Å². The average molecular weight is 355 g/mol. The summed E-state index contributed by atoms with van der Waals surface area (Å²) in [4.78, 5) is 9.89. The van der Waals surface area contributed by atoms with E-state index < -0.39 is 0 Å². The fourth-order valence-corrected chi connectivity index (χ4v) is 3.17. The van der Waals surface area contributed by atoms with Crippen molar-refractivity contribution in [1.82, 2.24) is 15.6 Å². The van der Waals surface area contributed by atoms with Crippen molar-refractivity contribution in [1.29, 1.82) is 0 Å². The predicted octanol–water partition coefficient (Wildman–Crippen LogP) is 3.46. The topological polar surface area (TPSA) is 49.3 Å². The third-order valence-corrected chi connectivity index (χ3v) is 4.83. The fraction of sp³-hybridized carbons (Fsp3) is 0.375. The van der Waals surface area contributed by atoms with Crippen LogP contribution >= 0.6 is 22.9 Å². The smallest absolute Gasteiger partial charge is 0.191 e. The summed E-state index contributed by atoms with van der Waals surface area (Å²) in [5, 5.41) is 7.92. The Morgan fingerprint density at radius 1 is 1.35 bits per heavy atom. The number of rotatable bonds is 5. The molecule has 0 unspecified atom stereocenters. The normalized spacial score (nSPS) is 11.6. The molecule has 0 aliphatic heterocycles. The highest BCUT2D eigenvalue weighted by molar-refractivity contribution is 7.11. The van der Waals surface area contributed by atoms with Gasteiger partial charge in [0, 0.05) is 23.5 Å². The summed E-state index contributed by atoms with van der Waals surface area (Å²) in [7, 11) is 1.72. The number of aromatic nitrogens is 1. The second kappa shape index (κ2) is 8.26. The number of thiazole rings is 1. The largest absolute Gasteiger partial charge is 0.356 e. The Morgan fingerprint density at radius 3 is 2.74 bits per heavy atom. The van der Waals surface area contributed by atoms with E-state index in [9.17, 15) is 4.39 Å². The maximum absolute atomic E-state index is 13.0. The predicted molar refractivity (Wildman–Crippen MR) is 94.9 cm³/mol. The summed E-state index contributed by atoms with van der Waals surface area (Å²) in [6.45, 7) is 5.36. The number of halogens is 2. The van der Waals surface area contributed by atoms with Crippen LogP contribution in [-0.4, -0.2) is 24.5 Å². The van der Waals surface area contributed by atoms with Gasteiger partial charge in [-0.1, -0.05) is 17.7 Å². The van der Waals surface area contributed by atoms with E-state index in [4.69, 9.17) is 11.6 Å². The average Bonchev–Trinajstić information content (AvgIpc) is 2.83. The van der Waals surface area contributed by atoms with E-state index in [0.717, 1.165) is 16.3 Å². The lowest BCUT2D eigenvalue weighted by molar-refractivity contribution is 0.627. The van der Waals surface area contributed by atoms with Gasteiger partial charge >= 0.3 is 0 Å². The van der Waals surface area contributed by atoms with Gasteiger partial charge in [-0.05, 0) is 38.0 Å². The van der Waals surface area contributed by atoms with Gasteiger partial charge in [-0.15, -0.1) is 11.3 Å². The van der Waals surface area contributed by atoms with Gasteiger partial charge in [0.1, 0.15) is 10.8 Å². The number of benzene rings is 1. The van der Waals surface area contributed by atoms with Crippen molar-refractivity contribution in [3.8, 4) is 0 Å². The minimum absolute atomic E-state index is 0.321. The van der Waals surface area contributed by atoms with Gasteiger partial charge in [0.15, 0.2) is 5.96 Å². The van der Waals surface area contributed by atoms with Gasteiger partial charge in [-0.3, -0.25) is 4.99 Å². The van der Waals surface area contributed by atoms with E-state index in [1.165, 1.54) is 17.0 Å². The van der Waals surface area contributed by atoms with Gasteiger partial charge in [-0.2, -0.15) is 0 Å². The second-order valence-corrected chi connectivity index (χ2v) is 6.78. The summed E-state index contributed by atoms with van der Waals surface area (Å²) in [6.07, 6.45) is 0.690. The molecule has 7 heteroatoms. The Kier molecular flexibility index (Phi) is 6.36. The maximum Gasteiger partial charge on any atom is 0.191 e. The monoisotopic (exact) mass is 354 g/mol. The molecular weight excluding hydrogens is 335 g/mol. The van der Waals surface area contributed by atoms with E-state index in [-0.39, 0.29) is 5.82 Å². The molecule has 1 aromatic carbocycles. The lowest BCUT2D eigenvalue weighted by atomic mass is 10.1. The molecule has 2 aromatic rings. The molecular formula is C16H20ClFN4S. The van der Waals surface area contributed by atoms with Crippen molar-refractivity contribution in [3.63, 3.8) is 0 Å². The van der Waals surface area contributed by atoms with Gasteiger partial charge in [0.25, 0.3) is 0 Å². The zero-order valence-electron chi connectivity index (χ0n) is 13.4. The summed E-state index contributed by atoms with van der Waals surface area (Å²) < 4.78 is 13.0. The van der Waals surface area contributed by atoms with Crippen LogP contribution in [0.3, 0.4) is 0 Å². The Bertz CT molecular complexity index is 680. The van der Waals surface area contributed by atoms with Crippen LogP contribution in [0.4, 0.5) is 4.39 Å². The van der Waals surface area contributed by atoms with Gasteiger partial charge < -0.3 is 10.6 Å². The van der Waals surface area contributed by atoms with Crippen molar-refractivity contribution in [2.24, 2.45) is 4.99 Å². The summed E-state index contributed by atoms with van der Waals surface area (Å²) in [6, 6.07) is 4.45. The van der Waals surface area contributed by atoms with Crippen molar-refractivity contribution in [2.45, 2.75) is 26.8 Å². The van der Waals surface area contributed by atoms with E-state index in [1.54, 1.807) is 24.5 Å². The number of hydrogen-bond acceptors (Lipinski definition) is 3. The third kappa shape index (κ3) is 5.18. The van der Waals surface area contributed by atoms with Crippen LogP contribution in [0.25, 0.3) is 0 Å². The van der Waals surface area contributed by atoms with Crippen LogP contribution in [0.2, 0.25) is 5.02 Å². The second-order valence-electron chi connectivity index (χ2n) is 5.09. The molecule has 0 spiro atoms. The molecule has 0 bridgehead atoms. The maximum atomic E-state index is 13.0. The molecule has 0 saturated heterocycles. The summed E-state index contributed by atoms with van der Waals surface area (Å²) in [5.74, 6) is 0.381. The SMILES string of the molecule is CN=C(NCCc1ccc(F)cc1Cl)NCc1nc(C)c(C)s1. The first-order valence-corrected chi connectivity index (χ1v) is 8.50. The minimum atomic E-state index is -0.321. The van der Waals surface area contributed by atoms with Crippen molar-refractivity contribution >= 4 is 28.9 Å². The first-order valence-electron chi connectivity index (χ1n) is 7.31. The van der Waals surface area contributed by atoms with E-state index in [2.05, 4.69) is 27.5 Å². The molecule has 0 fully saturated rings. The molecule has 124 valence electrons. The highest BCUT2D eigenvalue weighted by Crippen LogP contribution is 2.17. The van der Waals surface area contributed by atoms with E-state index >= 15 is 0 Å². The first kappa shape index (κ1) is 17.7. The minimum Gasteiger partial charge on any atom is -0.356 e. The molecule has 2 rings (SSSR count). The molecule has 1 aromatic heterocycles. The van der Waals surface area contributed by atoms with E-state index in [1.807, 2.05) is 6.92 Å². The molecule has 0 aliphatic rings. The zero-order chi connectivity index (χ0) is 16.8. The van der Waals surface area contributed by atoms with Crippen LogP contribution in [-0.2, 0) is 13.0 Å². The van der Waals surface area contributed by atoms with Crippen molar-refractivity contribution in [3.05, 3.63) is 50.2 Å².